The Balaban J connectivity index is 1.47. The Hall–Kier alpha value is -2.30. The summed E-state index contributed by atoms with van der Waals surface area (Å²) in [7, 11) is -3.51. The van der Waals surface area contributed by atoms with Gasteiger partial charge < -0.3 is 14.5 Å². The van der Waals surface area contributed by atoms with E-state index in [-0.39, 0.29) is 4.90 Å². The lowest BCUT2D eigenvalue weighted by molar-refractivity contribution is 0.122. The van der Waals surface area contributed by atoms with Crippen molar-refractivity contribution in [3.05, 3.63) is 36.3 Å². The van der Waals surface area contributed by atoms with Crippen LogP contribution in [0.3, 0.4) is 0 Å². The van der Waals surface area contributed by atoms with Gasteiger partial charge in [0.05, 0.1) is 13.2 Å². The topological polar surface area (TPSA) is 91.8 Å². The van der Waals surface area contributed by atoms with Crippen molar-refractivity contribution >= 4 is 21.8 Å². The second-order valence-corrected chi connectivity index (χ2v) is 8.78. The van der Waals surface area contributed by atoms with Crippen molar-refractivity contribution in [1.29, 1.82) is 0 Å². The van der Waals surface area contributed by atoms with Gasteiger partial charge >= 0.3 is 0 Å². The Morgan fingerprint density at radius 2 is 1.75 bits per heavy atom. The Bertz CT molecular complexity index is 910. The van der Waals surface area contributed by atoms with Crippen LogP contribution in [0.25, 0.3) is 0 Å². The van der Waals surface area contributed by atoms with Crippen molar-refractivity contribution < 1.29 is 13.2 Å². The van der Waals surface area contributed by atoms with Gasteiger partial charge in [0.2, 0.25) is 16.0 Å². The molecule has 2 fully saturated rings. The highest BCUT2D eigenvalue weighted by Gasteiger charge is 2.29. The van der Waals surface area contributed by atoms with Gasteiger partial charge in [0.25, 0.3) is 0 Å². The van der Waals surface area contributed by atoms with Crippen molar-refractivity contribution in [2.45, 2.75) is 11.8 Å². The van der Waals surface area contributed by atoms with E-state index >= 15 is 0 Å². The van der Waals surface area contributed by atoms with Gasteiger partial charge in [0, 0.05) is 63.4 Å². The van der Waals surface area contributed by atoms with Gasteiger partial charge in [-0.05, 0) is 19.1 Å². The van der Waals surface area contributed by atoms with Crippen LogP contribution in [0, 0.1) is 6.92 Å². The third-order valence-corrected chi connectivity index (χ3v) is 6.84. The lowest BCUT2D eigenvalue weighted by atomic mass is 10.3. The third-order valence-electron chi connectivity index (χ3n) is 4.96. The Kier molecular flexibility index (Phi) is 5.42. The molecule has 2 aliphatic rings. The monoisotopic (exact) mass is 404 g/mol. The molecule has 9 nitrogen and oxygen atoms in total. The first-order valence-corrected chi connectivity index (χ1v) is 10.8. The zero-order chi connectivity index (χ0) is 19.6. The molecular formula is C18H24N6O3S. The highest BCUT2D eigenvalue weighted by Crippen LogP contribution is 2.22. The normalized spacial score (nSPS) is 19.0. The fraction of sp³-hybridized carbons (Fsp3) is 0.500. The minimum absolute atomic E-state index is 0.232. The highest BCUT2D eigenvalue weighted by molar-refractivity contribution is 7.89. The number of morpholine rings is 1. The molecule has 4 rings (SSSR count). The van der Waals surface area contributed by atoms with Gasteiger partial charge in [0.1, 0.15) is 10.7 Å². The van der Waals surface area contributed by atoms with Crippen molar-refractivity contribution in [3.63, 3.8) is 0 Å². The summed E-state index contributed by atoms with van der Waals surface area (Å²) in [4.78, 5) is 17.7. The molecule has 2 aromatic heterocycles. The molecule has 0 aromatic carbocycles. The lowest BCUT2D eigenvalue weighted by Crippen LogP contribution is -2.49. The van der Waals surface area contributed by atoms with Crippen LogP contribution in [0.1, 0.15) is 5.69 Å². The Morgan fingerprint density at radius 1 is 1.00 bits per heavy atom. The van der Waals surface area contributed by atoms with E-state index in [0.29, 0.717) is 45.3 Å². The van der Waals surface area contributed by atoms with Gasteiger partial charge in [-0.25, -0.2) is 13.4 Å². The van der Waals surface area contributed by atoms with E-state index in [1.54, 1.807) is 18.3 Å². The molecule has 2 aliphatic heterocycles. The predicted octanol–water partition coefficient (Wildman–Crippen LogP) is 0.528. The quantitative estimate of drug-likeness (QED) is 0.729. The third kappa shape index (κ3) is 3.94. The number of aryl methyl sites for hydroxylation is 1. The number of piperazine rings is 1. The summed E-state index contributed by atoms with van der Waals surface area (Å²) in [6.07, 6.45) is 2.96. The molecule has 0 saturated carbocycles. The number of sulfonamides is 1. The molecule has 0 amide bonds. The van der Waals surface area contributed by atoms with Crippen LogP contribution >= 0.6 is 0 Å². The standard InChI is InChI=1S/C18H24N6O3S/c1-15-13-17(21-18(20-15)23-9-11-27-12-10-23)22-5-7-24(8-6-22)28(25,26)16-3-2-4-19-14-16/h2-4,13-14H,5-12H2,1H3. The first-order valence-electron chi connectivity index (χ1n) is 9.37. The summed E-state index contributed by atoms with van der Waals surface area (Å²) < 4.78 is 32.5. The summed E-state index contributed by atoms with van der Waals surface area (Å²) >= 11 is 0. The fourth-order valence-corrected chi connectivity index (χ4v) is 4.80. The molecule has 0 bridgehead atoms. The summed E-state index contributed by atoms with van der Waals surface area (Å²) in [5, 5.41) is 0. The molecule has 0 spiro atoms. The van der Waals surface area contributed by atoms with Crippen molar-refractivity contribution in [3.8, 4) is 0 Å². The molecule has 0 unspecified atom stereocenters. The molecule has 28 heavy (non-hydrogen) atoms. The number of nitrogens with zero attached hydrogens (tertiary/aromatic N) is 6. The molecule has 2 aromatic rings. The van der Waals surface area contributed by atoms with Crippen LogP contribution in [-0.2, 0) is 14.8 Å². The number of pyridine rings is 1. The molecule has 150 valence electrons. The molecular weight excluding hydrogens is 380 g/mol. The Morgan fingerprint density at radius 3 is 2.43 bits per heavy atom. The van der Waals surface area contributed by atoms with Crippen molar-refractivity contribution in [1.82, 2.24) is 19.3 Å². The Labute approximate surface area is 165 Å². The number of aromatic nitrogens is 3. The van der Waals surface area contributed by atoms with Crippen molar-refractivity contribution in [2.75, 3.05) is 62.3 Å². The van der Waals surface area contributed by atoms with Gasteiger partial charge in [-0.15, -0.1) is 0 Å². The minimum atomic E-state index is -3.51. The van der Waals surface area contributed by atoms with Crippen molar-refractivity contribution in [2.24, 2.45) is 0 Å². The van der Waals surface area contributed by atoms with E-state index in [2.05, 4.69) is 19.8 Å². The second-order valence-electron chi connectivity index (χ2n) is 6.85. The van der Waals surface area contributed by atoms with E-state index in [1.807, 2.05) is 13.0 Å². The number of hydrogen-bond donors (Lipinski definition) is 0. The first-order chi connectivity index (χ1) is 13.5. The lowest BCUT2D eigenvalue weighted by Gasteiger charge is -2.35. The molecule has 10 heteroatoms. The van der Waals surface area contributed by atoms with Gasteiger partial charge in [-0.2, -0.15) is 9.29 Å². The maximum absolute atomic E-state index is 12.8. The maximum atomic E-state index is 12.8. The zero-order valence-corrected chi connectivity index (χ0v) is 16.7. The summed E-state index contributed by atoms with van der Waals surface area (Å²) in [5.41, 5.74) is 0.900. The van der Waals surface area contributed by atoms with Crippen LogP contribution in [0.15, 0.2) is 35.5 Å². The van der Waals surface area contributed by atoms with Crippen LogP contribution in [-0.4, -0.2) is 80.2 Å². The number of hydrogen-bond acceptors (Lipinski definition) is 8. The molecule has 0 radical (unpaired) electrons. The van der Waals surface area contributed by atoms with Gasteiger partial charge in [-0.3, -0.25) is 4.98 Å². The van der Waals surface area contributed by atoms with E-state index in [9.17, 15) is 8.42 Å². The summed E-state index contributed by atoms with van der Waals surface area (Å²) in [5.74, 6) is 1.55. The predicted molar refractivity (Wildman–Crippen MR) is 105 cm³/mol. The smallest absolute Gasteiger partial charge is 0.244 e. The van der Waals surface area contributed by atoms with E-state index < -0.39 is 10.0 Å². The molecule has 0 N–H and O–H groups in total. The van der Waals surface area contributed by atoms with Crippen LogP contribution < -0.4 is 9.80 Å². The van der Waals surface area contributed by atoms with Crippen LogP contribution in [0.4, 0.5) is 11.8 Å². The zero-order valence-electron chi connectivity index (χ0n) is 15.9. The maximum Gasteiger partial charge on any atom is 0.244 e. The molecule has 4 heterocycles. The first kappa shape index (κ1) is 19.0. The SMILES string of the molecule is Cc1cc(N2CCN(S(=O)(=O)c3cccnc3)CC2)nc(N2CCOCC2)n1. The molecule has 0 aliphatic carbocycles. The van der Waals surface area contributed by atoms with Gasteiger partial charge in [0.15, 0.2) is 0 Å². The molecule has 0 atom stereocenters. The van der Waals surface area contributed by atoms with Crippen LogP contribution in [0.5, 0.6) is 0 Å². The van der Waals surface area contributed by atoms with E-state index in [4.69, 9.17) is 9.72 Å². The summed E-state index contributed by atoms with van der Waals surface area (Å²) in [6, 6.07) is 5.17. The number of anilines is 2. The van der Waals surface area contributed by atoms with Gasteiger partial charge in [-0.1, -0.05) is 0 Å². The number of rotatable bonds is 4. The largest absolute Gasteiger partial charge is 0.378 e. The average molecular weight is 404 g/mol. The molecule has 2 saturated heterocycles. The van der Waals surface area contributed by atoms with E-state index in [0.717, 1.165) is 24.6 Å². The van der Waals surface area contributed by atoms with E-state index in [1.165, 1.54) is 10.5 Å². The van der Waals surface area contributed by atoms with Crippen LogP contribution in [0.2, 0.25) is 0 Å². The number of ether oxygens (including phenoxy) is 1. The second kappa shape index (κ2) is 7.98. The average Bonchev–Trinajstić information content (AvgIpc) is 2.75. The highest BCUT2D eigenvalue weighted by atomic mass is 32.2. The fourth-order valence-electron chi connectivity index (χ4n) is 3.41. The minimum Gasteiger partial charge on any atom is -0.378 e. The summed E-state index contributed by atoms with van der Waals surface area (Å²) in [6.45, 7) is 6.85.